The van der Waals surface area contributed by atoms with Crippen LogP contribution in [0.2, 0.25) is 0 Å². The van der Waals surface area contributed by atoms with Crippen LogP contribution in [0.3, 0.4) is 0 Å². The number of nitriles is 1. The Kier molecular flexibility index (Phi) is 3.45. The maximum absolute atomic E-state index is 12.9. The molecule has 0 spiro atoms. The van der Waals surface area contributed by atoms with E-state index in [9.17, 15) is 4.39 Å². The van der Waals surface area contributed by atoms with Gasteiger partial charge in [-0.25, -0.2) is 4.39 Å². The summed E-state index contributed by atoms with van der Waals surface area (Å²) in [5.41, 5.74) is 1.32. The number of halogens is 1. The van der Waals surface area contributed by atoms with Gasteiger partial charge in [-0.3, -0.25) is 0 Å². The molecule has 0 aliphatic heterocycles. The minimum atomic E-state index is -0.315. The summed E-state index contributed by atoms with van der Waals surface area (Å²) in [6.07, 6.45) is 2.97. The van der Waals surface area contributed by atoms with E-state index in [4.69, 9.17) is 5.26 Å². The molecule has 13 heavy (non-hydrogen) atoms. The molecular weight excluding hydrogens is 165 g/mol. The van der Waals surface area contributed by atoms with Crippen LogP contribution < -0.4 is 0 Å². The number of rotatable bonds is 3. The van der Waals surface area contributed by atoms with E-state index in [-0.39, 0.29) is 5.82 Å². The minimum absolute atomic E-state index is 0.315. The van der Waals surface area contributed by atoms with Gasteiger partial charge in [0, 0.05) is 0 Å². The Morgan fingerprint density at radius 2 is 2.15 bits per heavy atom. The molecule has 0 saturated carbocycles. The molecule has 1 nitrogen and oxygen atoms in total. The van der Waals surface area contributed by atoms with Crippen LogP contribution in [0.1, 0.15) is 30.9 Å². The Labute approximate surface area is 77.8 Å². The van der Waals surface area contributed by atoms with Gasteiger partial charge in [0.15, 0.2) is 0 Å². The Hall–Kier alpha value is -1.36. The molecule has 0 amide bonds. The van der Waals surface area contributed by atoms with Gasteiger partial charge in [0.25, 0.3) is 0 Å². The summed E-state index contributed by atoms with van der Waals surface area (Å²) < 4.78 is 12.9. The number of nitrogens with zero attached hydrogens (tertiary/aromatic N) is 1. The third-order valence-corrected chi connectivity index (χ3v) is 1.91. The van der Waals surface area contributed by atoms with E-state index in [1.54, 1.807) is 6.07 Å². The molecule has 0 saturated heterocycles. The van der Waals surface area contributed by atoms with Crippen molar-refractivity contribution in [1.29, 1.82) is 5.26 Å². The van der Waals surface area contributed by atoms with Crippen LogP contribution >= 0.6 is 0 Å². The van der Waals surface area contributed by atoms with Crippen LogP contribution in [-0.4, -0.2) is 0 Å². The van der Waals surface area contributed by atoms with Gasteiger partial charge in [-0.05, 0) is 36.6 Å². The molecule has 0 heterocycles. The second-order valence-electron chi connectivity index (χ2n) is 3.06. The lowest BCUT2D eigenvalue weighted by molar-refractivity contribution is 0.623. The normalized spacial score (nSPS) is 9.62. The Morgan fingerprint density at radius 1 is 1.38 bits per heavy atom. The average molecular weight is 177 g/mol. The van der Waals surface area contributed by atoms with Crippen LogP contribution in [0.15, 0.2) is 18.2 Å². The van der Waals surface area contributed by atoms with Crippen LogP contribution in [-0.2, 0) is 6.42 Å². The third kappa shape index (κ3) is 2.87. The summed E-state index contributed by atoms with van der Waals surface area (Å²) in [6.45, 7) is 2.09. The molecule has 0 aliphatic rings. The number of hydrogen-bond donors (Lipinski definition) is 0. The van der Waals surface area contributed by atoms with Crippen molar-refractivity contribution in [2.45, 2.75) is 26.2 Å². The van der Waals surface area contributed by atoms with Crippen molar-refractivity contribution in [2.24, 2.45) is 0 Å². The highest BCUT2D eigenvalue weighted by Gasteiger charge is 1.99. The first-order chi connectivity index (χ1) is 6.26. The van der Waals surface area contributed by atoms with Crippen molar-refractivity contribution in [2.75, 3.05) is 0 Å². The smallest absolute Gasteiger partial charge is 0.124 e. The topological polar surface area (TPSA) is 23.8 Å². The lowest BCUT2D eigenvalue weighted by Crippen LogP contribution is -1.88. The highest BCUT2D eigenvalue weighted by Crippen LogP contribution is 2.11. The van der Waals surface area contributed by atoms with Gasteiger partial charge in [0.05, 0.1) is 11.6 Å². The molecular formula is C11H12FN. The predicted molar refractivity (Wildman–Crippen MR) is 49.7 cm³/mol. The molecule has 0 radical (unpaired) electrons. The molecule has 0 fully saturated rings. The van der Waals surface area contributed by atoms with E-state index >= 15 is 0 Å². The molecule has 1 aromatic rings. The van der Waals surface area contributed by atoms with Gasteiger partial charge in [-0.2, -0.15) is 5.26 Å². The standard InChI is InChI=1S/C11H12FN/c1-2-3-4-9-5-10(8-13)7-11(12)6-9/h5-7H,2-4H2,1H3. The second-order valence-corrected chi connectivity index (χ2v) is 3.06. The summed E-state index contributed by atoms with van der Waals surface area (Å²) in [4.78, 5) is 0. The predicted octanol–water partition coefficient (Wildman–Crippen LogP) is 3.04. The van der Waals surface area contributed by atoms with Crippen molar-refractivity contribution in [3.05, 3.63) is 35.1 Å². The Balaban J connectivity index is 2.83. The van der Waals surface area contributed by atoms with E-state index in [0.29, 0.717) is 5.56 Å². The van der Waals surface area contributed by atoms with Crippen LogP contribution in [0.5, 0.6) is 0 Å². The zero-order valence-electron chi connectivity index (χ0n) is 7.68. The number of unbranched alkanes of at least 4 members (excludes halogenated alkanes) is 1. The van der Waals surface area contributed by atoms with E-state index in [1.807, 2.05) is 6.07 Å². The van der Waals surface area contributed by atoms with E-state index in [0.717, 1.165) is 24.8 Å². The number of benzene rings is 1. The van der Waals surface area contributed by atoms with Crippen LogP contribution in [0, 0.1) is 17.1 Å². The highest BCUT2D eigenvalue weighted by atomic mass is 19.1. The zero-order chi connectivity index (χ0) is 9.68. The fourth-order valence-electron chi connectivity index (χ4n) is 1.24. The molecule has 2 heteroatoms. The van der Waals surface area contributed by atoms with Gasteiger partial charge >= 0.3 is 0 Å². The van der Waals surface area contributed by atoms with E-state index in [2.05, 4.69) is 6.92 Å². The number of aryl methyl sites for hydroxylation is 1. The Bertz CT molecular complexity index is 325. The maximum Gasteiger partial charge on any atom is 0.124 e. The molecule has 0 atom stereocenters. The average Bonchev–Trinajstić information content (AvgIpc) is 2.14. The second kappa shape index (κ2) is 4.61. The largest absolute Gasteiger partial charge is 0.207 e. The van der Waals surface area contributed by atoms with E-state index in [1.165, 1.54) is 12.1 Å². The molecule has 0 aromatic heterocycles. The van der Waals surface area contributed by atoms with Crippen LogP contribution in [0.25, 0.3) is 0 Å². The molecule has 0 unspecified atom stereocenters. The lowest BCUT2D eigenvalue weighted by Gasteiger charge is -2.00. The van der Waals surface area contributed by atoms with Crippen molar-refractivity contribution in [3.8, 4) is 6.07 Å². The molecule has 1 aromatic carbocycles. The summed E-state index contributed by atoms with van der Waals surface area (Å²) in [5, 5.41) is 8.60. The summed E-state index contributed by atoms with van der Waals surface area (Å²) >= 11 is 0. The van der Waals surface area contributed by atoms with Crippen molar-refractivity contribution < 1.29 is 4.39 Å². The molecule has 68 valence electrons. The molecule has 0 bridgehead atoms. The number of hydrogen-bond acceptors (Lipinski definition) is 1. The third-order valence-electron chi connectivity index (χ3n) is 1.91. The van der Waals surface area contributed by atoms with Gasteiger partial charge in [0.2, 0.25) is 0 Å². The fraction of sp³-hybridized carbons (Fsp3) is 0.364. The Morgan fingerprint density at radius 3 is 2.77 bits per heavy atom. The van der Waals surface area contributed by atoms with Crippen molar-refractivity contribution in [1.82, 2.24) is 0 Å². The minimum Gasteiger partial charge on any atom is -0.207 e. The first-order valence-corrected chi connectivity index (χ1v) is 4.46. The quantitative estimate of drug-likeness (QED) is 0.696. The lowest BCUT2D eigenvalue weighted by atomic mass is 10.1. The highest BCUT2D eigenvalue weighted by molar-refractivity contribution is 5.33. The molecule has 0 N–H and O–H groups in total. The first kappa shape index (κ1) is 9.73. The summed E-state index contributed by atoms with van der Waals surface area (Å²) in [6, 6.07) is 6.45. The van der Waals surface area contributed by atoms with Gasteiger partial charge in [0.1, 0.15) is 5.82 Å². The van der Waals surface area contributed by atoms with Crippen molar-refractivity contribution >= 4 is 0 Å². The fourth-order valence-corrected chi connectivity index (χ4v) is 1.24. The monoisotopic (exact) mass is 177 g/mol. The first-order valence-electron chi connectivity index (χ1n) is 4.46. The van der Waals surface area contributed by atoms with Gasteiger partial charge in [-0.15, -0.1) is 0 Å². The maximum atomic E-state index is 12.9. The van der Waals surface area contributed by atoms with Crippen LogP contribution in [0.4, 0.5) is 4.39 Å². The molecule has 1 rings (SSSR count). The van der Waals surface area contributed by atoms with Gasteiger partial charge in [-0.1, -0.05) is 13.3 Å². The zero-order valence-corrected chi connectivity index (χ0v) is 7.68. The SMILES string of the molecule is CCCCc1cc(F)cc(C#N)c1. The molecule has 0 aliphatic carbocycles. The van der Waals surface area contributed by atoms with Gasteiger partial charge < -0.3 is 0 Å². The van der Waals surface area contributed by atoms with E-state index < -0.39 is 0 Å². The summed E-state index contributed by atoms with van der Waals surface area (Å²) in [7, 11) is 0. The summed E-state index contributed by atoms with van der Waals surface area (Å²) in [5.74, 6) is -0.315. The van der Waals surface area contributed by atoms with Crippen molar-refractivity contribution in [3.63, 3.8) is 0 Å².